The molecule has 0 spiro atoms. The molecule has 30 heavy (non-hydrogen) atoms. The Bertz CT molecular complexity index is 1380. The fourth-order valence-corrected chi connectivity index (χ4v) is 4.11. The Morgan fingerprint density at radius 3 is 2.33 bits per heavy atom. The Kier molecular flexibility index (Phi) is 5.30. The average molecular weight is 438 g/mol. The van der Waals surface area contributed by atoms with E-state index in [2.05, 4.69) is 43.0 Å². The predicted octanol–water partition coefficient (Wildman–Crippen LogP) is 3.60. The molecular formula is C23H20ClN3O2S. The smallest absolute Gasteiger partial charge is 0.266 e. The van der Waals surface area contributed by atoms with Crippen LogP contribution in [0.1, 0.15) is 43.2 Å². The van der Waals surface area contributed by atoms with Crippen molar-refractivity contribution in [1.82, 2.24) is 14.6 Å². The van der Waals surface area contributed by atoms with Crippen molar-refractivity contribution in [3.8, 4) is 0 Å². The largest absolute Gasteiger partial charge is 0.296 e. The van der Waals surface area contributed by atoms with Gasteiger partial charge in [-0.25, -0.2) is 0 Å². The van der Waals surface area contributed by atoms with E-state index in [0.717, 1.165) is 22.5 Å². The lowest BCUT2D eigenvalue weighted by atomic mass is 9.87. The Hall–Kier alpha value is -2.83. The molecule has 7 heteroatoms. The van der Waals surface area contributed by atoms with Crippen LogP contribution in [0.4, 0.5) is 0 Å². The minimum Gasteiger partial charge on any atom is -0.266 e. The standard InChI is InChI=1S/C23H20ClN3O2S/c1-23(2,3)16-8-4-15(5-9-16)13-19-21(29)27-22(30-19)25-20(28)18(26-27)12-14-6-10-17(24)11-7-14/h4-11,13H,12H2,1-3H3. The summed E-state index contributed by atoms with van der Waals surface area (Å²) in [4.78, 5) is 29.6. The van der Waals surface area contributed by atoms with Gasteiger partial charge in [-0.1, -0.05) is 80.1 Å². The summed E-state index contributed by atoms with van der Waals surface area (Å²) in [5.41, 5.74) is 2.60. The van der Waals surface area contributed by atoms with E-state index in [1.807, 2.05) is 24.3 Å². The summed E-state index contributed by atoms with van der Waals surface area (Å²) < 4.78 is 1.70. The molecule has 0 atom stereocenters. The fraction of sp³-hybridized carbons (Fsp3) is 0.217. The molecule has 0 N–H and O–H groups in total. The molecule has 0 unspecified atom stereocenters. The number of rotatable bonds is 3. The average Bonchev–Trinajstić information content (AvgIpc) is 2.98. The zero-order valence-electron chi connectivity index (χ0n) is 16.8. The van der Waals surface area contributed by atoms with E-state index >= 15 is 0 Å². The predicted molar refractivity (Wildman–Crippen MR) is 122 cm³/mol. The van der Waals surface area contributed by atoms with Crippen molar-refractivity contribution in [3.05, 3.63) is 101 Å². The van der Waals surface area contributed by atoms with Gasteiger partial charge in [-0.3, -0.25) is 9.59 Å². The SMILES string of the molecule is CC(C)(C)c1ccc(C=c2sc3nc(=O)c(Cc4ccc(Cl)cc4)nn3c2=O)cc1. The third-order valence-electron chi connectivity index (χ3n) is 4.81. The molecule has 2 aromatic carbocycles. The number of benzene rings is 2. The van der Waals surface area contributed by atoms with Crippen LogP contribution in [0.2, 0.25) is 5.02 Å². The topological polar surface area (TPSA) is 64.3 Å². The van der Waals surface area contributed by atoms with E-state index in [1.54, 1.807) is 18.2 Å². The van der Waals surface area contributed by atoms with Crippen molar-refractivity contribution in [2.75, 3.05) is 0 Å². The van der Waals surface area contributed by atoms with Gasteiger partial charge in [-0.15, -0.1) is 0 Å². The number of fused-ring (bicyclic) bond motifs is 1. The van der Waals surface area contributed by atoms with Crippen molar-refractivity contribution in [2.24, 2.45) is 0 Å². The van der Waals surface area contributed by atoms with Crippen LogP contribution in [0.25, 0.3) is 11.0 Å². The molecule has 2 heterocycles. The number of hydrogen-bond donors (Lipinski definition) is 0. The van der Waals surface area contributed by atoms with Crippen molar-refractivity contribution in [1.29, 1.82) is 0 Å². The minimum atomic E-state index is -0.424. The third-order valence-corrected chi connectivity index (χ3v) is 6.02. The zero-order chi connectivity index (χ0) is 21.5. The summed E-state index contributed by atoms with van der Waals surface area (Å²) in [7, 11) is 0. The van der Waals surface area contributed by atoms with Gasteiger partial charge in [0.2, 0.25) is 4.96 Å². The molecule has 0 saturated heterocycles. The lowest BCUT2D eigenvalue weighted by Crippen LogP contribution is -2.28. The normalized spacial score (nSPS) is 12.6. The van der Waals surface area contributed by atoms with E-state index < -0.39 is 5.56 Å². The lowest BCUT2D eigenvalue weighted by Gasteiger charge is -2.18. The Labute approximate surface area is 182 Å². The Morgan fingerprint density at radius 2 is 1.70 bits per heavy atom. The van der Waals surface area contributed by atoms with E-state index in [1.165, 1.54) is 10.1 Å². The summed E-state index contributed by atoms with van der Waals surface area (Å²) >= 11 is 7.07. The number of nitrogens with zero attached hydrogens (tertiary/aromatic N) is 3. The van der Waals surface area contributed by atoms with Gasteiger partial charge in [0.1, 0.15) is 5.69 Å². The molecule has 2 aromatic heterocycles. The maximum Gasteiger partial charge on any atom is 0.296 e. The lowest BCUT2D eigenvalue weighted by molar-refractivity contribution is 0.590. The van der Waals surface area contributed by atoms with Gasteiger partial charge in [-0.2, -0.15) is 14.6 Å². The molecule has 5 nitrogen and oxygen atoms in total. The fourth-order valence-electron chi connectivity index (χ4n) is 3.08. The van der Waals surface area contributed by atoms with Crippen molar-refractivity contribution >= 4 is 34.0 Å². The molecule has 4 rings (SSSR count). The van der Waals surface area contributed by atoms with Crippen molar-refractivity contribution < 1.29 is 0 Å². The Balaban J connectivity index is 1.73. The molecule has 0 aliphatic rings. The van der Waals surface area contributed by atoms with Gasteiger partial charge in [0, 0.05) is 11.4 Å². The quantitative estimate of drug-likeness (QED) is 0.491. The highest BCUT2D eigenvalue weighted by Gasteiger charge is 2.14. The molecular weight excluding hydrogens is 418 g/mol. The second kappa shape index (κ2) is 7.78. The van der Waals surface area contributed by atoms with Crippen LogP contribution in [0.5, 0.6) is 0 Å². The summed E-state index contributed by atoms with van der Waals surface area (Å²) in [6.45, 7) is 6.47. The summed E-state index contributed by atoms with van der Waals surface area (Å²) in [6, 6.07) is 15.3. The van der Waals surface area contributed by atoms with Crippen molar-refractivity contribution in [3.63, 3.8) is 0 Å². The van der Waals surface area contributed by atoms with E-state index in [4.69, 9.17) is 11.6 Å². The van der Waals surface area contributed by atoms with Crippen LogP contribution in [-0.2, 0) is 11.8 Å². The number of hydrogen-bond acceptors (Lipinski definition) is 5. The summed E-state index contributed by atoms with van der Waals surface area (Å²) in [5, 5.41) is 4.91. The van der Waals surface area contributed by atoms with Crippen LogP contribution in [0, 0.1) is 0 Å². The molecule has 4 aromatic rings. The maximum atomic E-state index is 12.8. The number of aromatic nitrogens is 3. The summed E-state index contributed by atoms with van der Waals surface area (Å²) in [5.74, 6) is 0. The molecule has 0 aliphatic heterocycles. The van der Waals surface area contributed by atoms with Crippen LogP contribution in [-0.4, -0.2) is 14.6 Å². The maximum absolute atomic E-state index is 12.8. The minimum absolute atomic E-state index is 0.0640. The first kappa shape index (κ1) is 20.4. The molecule has 0 saturated carbocycles. The van der Waals surface area contributed by atoms with Gasteiger partial charge in [0.25, 0.3) is 11.1 Å². The molecule has 0 aliphatic carbocycles. The summed E-state index contributed by atoms with van der Waals surface area (Å²) in [6.07, 6.45) is 2.09. The zero-order valence-corrected chi connectivity index (χ0v) is 18.4. The Morgan fingerprint density at radius 1 is 1.03 bits per heavy atom. The highest BCUT2D eigenvalue weighted by molar-refractivity contribution is 7.15. The third kappa shape index (κ3) is 4.20. The van der Waals surface area contributed by atoms with Crippen LogP contribution in [0.3, 0.4) is 0 Å². The van der Waals surface area contributed by atoms with Gasteiger partial charge < -0.3 is 0 Å². The monoisotopic (exact) mass is 437 g/mol. The van der Waals surface area contributed by atoms with Crippen LogP contribution < -0.4 is 15.7 Å². The van der Waals surface area contributed by atoms with Crippen LogP contribution >= 0.6 is 22.9 Å². The van der Waals surface area contributed by atoms with E-state index in [0.29, 0.717) is 14.5 Å². The first-order chi connectivity index (χ1) is 14.2. The molecule has 0 bridgehead atoms. The van der Waals surface area contributed by atoms with Gasteiger partial charge in [-0.05, 0) is 40.3 Å². The number of halogens is 1. The van der Waals surface area contributed by atoms with Gasteiger partial charge >= 0.3 is 0 Å². The second-order valence-electron chi connectivity index (χ2n) is 8.15. The number of thiazole rings is 1. The van der Waals surface area contributed by atoms with Crippen molar-refractivity contribution in [2.45, 2.75) is 32.6 Å². The molecule has 0 amide bonds. The second-order valence-corrected chi connectivity index (χ2v) is 9.59. The highest BCUT2D eigenvalue weighted by Crippen LogP contribution is 2.22. The van der Waals surface area contributed by atoms with E-state index in [9.17, 15) is 9.59 Å². The van der Waals surface area contributed by atoms with Gasteiger partial charge in [0.15, 0.2) is 0 Å². The molecule has 0 radical (unpaired) electrons. The highest BCUT2D eigenvalue weighted by atomic mass is 35.5. The molecule has 0 fully saturated rings. The first-order valence-electron chi connectivity index (χ1n) is 9.50. The van der Waals surface area contributed by atoms with E-state index in [-0.39, 0.29) is 23.1 Å². The molecule has 152 valence electrons. The first-order valence-corrected chi connectivity index (χ1v) is 10.7. The van der Waals surface area contributed by atoms with Crippen LogP contribution in [0.15, 0.2) is 58.1 Å². The van der Waals surface area contributed by atoms with Gasteiger partial charge in [0.05, 0.1) is 4.53 Å².